The Morgan fingerprint density at radius 2 is 2.00 bits per heavy atom. The van der Waals surface area contributed by atoms with Gasteiger partial charge in [0.25, 0.3) is 0 Å². The summed E-state index contributed by atoms with van der Waals surface area (Å²) in [5.74, 6) is 1.22. The first-order valence-electron chi connectivity index (χ1n) is 6.15. The molecule has 2 aromatic rings. The first-order chi connectivity index (χ1) is 8.56. The predicted molar refractivity (Wildman–Crippen MR) is 77.2 cm³/mol. The van der Waals surface area contributed by atoms with E-state index in [1.54, 1.807) is 0 Å². The van der Waals surface area contributed by atoms with E-state index < -0.39 is 0 Å². The molecule has 0 amide bonds. The predicted octanol–water partition coefficient (Wildman–Crippen LogP) is 3.84. The van der Waals surface area contributed by atoms with Crippen LogP contribution in [0.5, 0.6) is 0 Å². The van der Waals surface area contributed by atoms with Crippen molar-refractivity contribution in [2.75, 3.05) is 11.1 Å². The highest BCUT2D eigenvalue weighted by Crippen LogP contribution is 2.24. The molecule has 3 nitrogen and oxygen atoms in total. The number of hydrogen-bond donors (Lipinski definition) is 2. The molecule has 3 heteroatoms. The topological polar surface area (TPSA) is 50.9 Å². The van der Waals surface area contributed by atoms with Crippen LogP contribution in [0.15, 0.2) is 36.5 Å². The number of hydrogen-bond acceptors (Lipinski definition) is 3. The molecule has 0 bridgehead atoms. The number of nitrogens with two attached hydrogens (primary N) is 1. The van der Waals surface area contributed by atoms with Crippen molar-refractivity contribution in [1.29, 1.82) is 0 Å². The summed E-state index contributed by atoms with van der Waals surface area (Å²) in [6, 6.07) is 10.2. The molecule has 0 saturated carbocycles. The molecule has 94 valence electrons. The molecule has 0 atom stereocenters. The largest absolute Gasteiger partial charge is 0.396 e. The summed E-state index contributed by atoms with van der Waals surface area (Å²) in [6.07, 6.45) is 1.81. The van der Waals surface area contributed by atoms with E-state index in [1.807, 2.05) is 31.3 Å². The van der Waals surface area contributed by atoms with Crippen molar-refractivity contribution in [3.63, 3.8) is 0 Å². The lowest BCUT2D eigenvalue weighted by Gasteiger charge is -2.11. The van der Waals surface area contributed by atoms with Crippen molar-refractivity contribution in [3.05, 3.63) is 47.7 Å². The summed E-state index contributed by atoms with van der Waals surface area (Å²) in [5.41, 5.74) is 9.99. The summed E-state index contributed by atoms with van der Waals surface area (Å²) >= 11 is 0. The molecular weight excluding hydrogens is 222 g/mol. The number of aromatic nitrogens is 1. The normalized spacial score (nSPS) is 10.7. The number of aryl methyl sites for hydroxylation is 1. The van der Waals surface area contributed by atoms with Gasteiger partial charge < -0.3 is 11.1 Å². The summed E-state index contributed by atoms with van der Waals surface area (Å²) in [7, 11) is 0. The number of nitrogen functional groups attached to an aromatic ring is 1. The average molecular weight is 241 g/mol. The maximum Gasteiger partial charge on any atom is 0.153 e. The highest BCUT2D eigenvalue weighted by atomic mass is 15.0. The second kappa shape index (κ2) is 5.08. The Labute approximate surface area is 108 Å². The van der Waals surface area contributed by atoms with Gasteiger partial charge in [0.15, 0.2) is 5.82 Å². The van der Waals surface area contributed by atoms with Crippen LogP contribution in [0.2, 0.25) is 0 Å². The SMILES string of the molecule is Cc1cnc(Nc2cccc(C(C)C)c2)c(N)c1. The van der Waals surface area contributed by atoms with Crippen molar-refractivity contribution >= 4 is 17.2 Å². The molecule has 1 aromatic carbocycles. The van der Waals surface area contributed by atoms with Gasteiger partial charge >= 0.3 is 0 Å². The molecule has 1 heterocycles. The second-order valence-corrected chi connectivity index (χ2v) is 4.86. The van der Waals surface area contributed by atoms with E-state index in [4.69, 9.17) is 5.73 Å². The van der Waals surface area contributed by atoms with Gasteiger partial charge in [0, 0.05) is 11.9 Å². The highest BCUT2D eigenvalue weighted by Gasteiger charge is 2.04. The average Bonchev–Trinajstić information content (AvgIpc) is 2.33. The van der Waals surface area contributed by atoms with E-state index in [0.717, 1.165) is 11.3 Å². The molecule has 0 saturated heterocycles. The maximum atomic E-state index is 5.94. The van der Waals surface area contributed by atoms with Crippen LogP contribution >= 0.6 is 0 Å². The number of anilines is 3. The van der Waals surface area contributed by atoms with Gasteiger partial charge in [-0.3, -0.25) is 0 Å². The van der Waals surface area contributed by atoms with Gasteiger partial charge in [-0.1, -0.05) is 26.0 Å². The fourth-order valence-electron chi connectivity index (χ4n) is 1.81. The van der Waals surface area contributed by atoms with Crippen molar-refractivity contribution in [1.82, 2.24) is 4.98 Å². The van der Waals surface area contributed by atoms with Crippen LogP contribution in [0.25, 0.3) is 0 Å². The Morgan fingerprint density at radius 1 is 1.22 bits per heavy atom. The molecule has 0 fully saturated rings. The third kappa shape index (κ3) is 2.80. The molecule has 0 aliphatic heterocycles. The zero-order valence-corrected chi connectivity index (χ0v) is 11.1. The zero-order valence-electron chi connectivity index (χ0n) is 11.1. The van der Waals surface area contributed by atoms with Crippen molar-refractivity contribution < 1.29 is 0 Å². The Balaban J connectivity index is 2.25. The van der Waals surface area contributed by atoms with E-state index in [1.165, 1.54) is 5.56 Å². The first-order valence-corrected chi connectivity index (χ1v) is 6.15. The van der Waals surface area contributed by atoms with Gasteiger partial charge in [-0.25, -0.2) is 4.98 Å². The Bertz CT molecular complexity index is 547. The van der Waals surface area contributed by atoms with Crippen molar-refractivity contribution in [2.24, 2.45) is 0 Å². The minimum atomic E-state index is 0.509. The number of nitrogens with zero attached hydrogens (tertiary/aromatic N) is 1. The van der Waals surface area contributed by atoms with Crippen molar-refractivity contribution in [3.8, 4) is 0 Å². The van der Waals surface area contributed by atoms with Crippen LogP contribution in [-0.2, 0) is 0 Å². The number of nitrogens with one attached hydrogen (secondary N) is 1. The van der Waals surface area contributed by atoms with Gasteiger partial charge in [-0.05, 0) is 42.2 Å². The smallest absolute Gasteiger partial charge is 0.153 e. The van der Waals surface area contributed by atoms with E-state index in [0.29, 0.717) is 17.4 Å². The standard InChI is InChI=1S/C15H19N3/c1-10(2)12-5-4-6-13(8-12)18-15-14(16)7-11(3)9-17-15/h4-10H,16H2,1-3H3,(H,17,18). The number of benzene rings is 1. The molecule has 3 N–H and O–H groups in total. The molecule has 0 spiro atoms. The number of rotatable bonds is 3. The molecule has 0 radical (unpaired) electrons. The van der Waals surface area contributed by atoms with Crippen LogP contribution in [0.1, 0.15) is 30.9 Å². The molecule has 18 heavy (non-hydrogen) atoms. The van der Waals surface area contributed by atoms with Gasteiger partial charge in [0.05, 0.1) is 5.69 Å². The maximum absolute atomic E-state index is 5.94. The van der Waals surface area contributed by atoms with E-state index in [-0.39, 0.29) is 0 Å². The van der Waals surface area contributed by atoms with Crippen LogP contribution in [0.4, 0.5) is 17.2 Å². The molecular formula is C15H19N3. The van der Waals surface area contributed by atoms with E-state index in [2.05, 4.69) is 36.3 Å². The third-order valence-electron chi connectivity index (χ3n) is 2.87. The third-order valence-corrected chi connectivity index (χ3v) is 2.87. The van der Waals surface area contributed by atoms with E-state index in [9.17, 15) is 0 Å². The lowest BCUT2D eigenvalue weighted by Crippen LogP contribution is -2.00. The Morgan fingerprint density at radius 3 is 2.67 bits per heavy atom. The van der Waals surface area contributed by atoms with E-state index >= 15 is 0 Å². The molecule has 0 unspecified atom stereocenters. The van der Waals surface area contributed by atoms with Crippen LogP contribution in [-0.4, -0.2) is 4.98 Å². The van der Waals surface area contributed by atoms with Crippen molar-refractivity contribution in [2.45, 2.75) is 26.7 Å². The Kier molecular flexibility index (Phi) is 3.51. The lowest BCUT2D eigenvalue weighted by atomic mass is 10.0. The highest BCUT2D eigenvalue weighted by molar-refractivity contribution is 5.69. The molecule has 1 aromatic heterocycles. The lowest BCUT2D eigenvalue weighted by molar-refractivity contribution is 0.867. The van der Waals surface area contributed by atoms with Gasteiger partial charge in [-0.15, -0.1) is 0 Å². The quantitative estimate of drug-likeness (QED) is 0.858. The summed E-state index contributed by atoms with van der Waals surface area (Å²) in [4.78, 5) is 4.31. The first kappa shape index (κ1) is 12.4. The van der Waals surface area contributed by atoms with Crippen LogP contribution in [0, 0.1) is 6.92 Å². The summed E-state index contributed by atoms with van der Waals surface area (Å²) in [5, 5.41) is 3.26. The monoisotopic (exact) mass is 241 g/mol. The summed E-state index contributed by atoms with van der Waals surface area (Å²) in [6.45, 7) is 6.34. The zero-order chi connectivity index (χ0) is 13.1. The minimum absolute atomic E-state index is 0.509. The number of pyridine rings is 1. The van der Waals surface area contributed by atoms with Gasteiger partial charge in [0.1, 0.15) is 0 Å². The molecule has 2 rings (SSSR count). The fourth-order valence-corrected chi connectivity index (χ4v) is 1.81. The van der Waals surface area contributed by atoms with Gasteiger partial charge in [0.2, 0.25) is 0 Å². The minimum Gasteiger partial charge on any atom is -0.396 e. The fraction of sp³-hybridized carbons (Fsp3) is 0.267. The summed E-state index contributed by atoms with van der Waals surface area (Å²) < 4.78 is 0. The second-order valence-electron chi connectivity index (χ2n) is 4.86. The van der Waals surface area contributed by atoms with Crippen LogP contribution in [0.3, 0.4) is 0 Å². The molecule has 0 aliphatic carbocycles. The molecule has 0 aliphatic rings. The Hall–Kier alpha value is -2.03. The van der Waals surface area contributed by atoms with Crippen LogP contribution < -0.4 is 11.1 Å². The van der Waals surface area contributed by atoms with Gasteiger partial charge in [-0.2, -0.15) is 0 Å².